The number of hydrogen-bond acceptors (Lipinski definition) is 7. The number of allylic oxidation sites excluding steroid dienone is 4. The Balaban J connectivity index is 1.01. The van der Waals surface area contributed by atoms with E-state index in [9.17, 15) is 0 Å². The van der Waals surface area contributed by atoms with Crippen LogP contribution in [-0.4, -0.2) is 34.9 Å². The highest BCUT2D eigenvalue weighted by molar-refractivity contribution is 6.04. The predicted molar refractivity (Wildman–Crippen MR) is 208 cm³/mol. The fraction of sp³-hybridized carbons (Fsp3) is 0.0444. The van der Waals surface area contributed by atoms with Gasteiger partial charge < -0.3 is 0 Å². The summed E-state index contributed by atoms with van der Waals surface area (Å²) in [6.07, 6.45) is 7.19. The third kappa shape index (κ3) is 5.54. The van der Waals surface area contributed by atoms with Crippen molar-refractivity contribution in [3.63, 3.8) is 0 Å². The van der Waals surface area contributed by atoms with Crippen molar-refractivity contribution in [1.29, 1.82) is 0 Å². The predicted octanol–water partition coefficient (Wildman–Crippen LogP) is 10.6. The molecule has 5 heterocycles. The molecule has 4 aromatic carbocycles. The van der Waals surface area contributed by atoms with Crippen molar-refractivity contribution in [1.82, 2.24) is 34.9 Å². The molecule has 0 fully saturated rings. The van der Waals surface area contributed by atoms with Gasteiger partial charge in [0, 0.05) is 45.1 Å². The van der Waals surface area contributed by atoms with Crippen LogP contribution < -0.4 is 0 Å². The first-order chi connectivity index (χ1) is 26.6. The van der Waals surface area contributed by atoms with Crippen LogP contribution >= 0.6 is 0 Å². The van der Waals surface area contributed by atoms with Gasteiger partial charge >= 0.3 is 0 Å². The van der Waals surface area contributed by atoms with Crippen molar-refractivity contribution < 1.29 is 8.78 Å². The number of hydrogen-bond donors (Lipinski definition) is 0. The van der Waals surface area contributed by atoms with Gasteiger partial charge in [0.05, 0.1) is 44.9 Å². The monoisotopic (exact) mass is 703 g/mol. The SMILES string of the molecule is FC1=CC(c2ccc3ccc4cccnc4c3n2)=CCC1c1nc(-c2ccccc2)nc(-c2ccc(-c3ccc4ccc5cccnc5c4n3)cc2F)n1. The van der Waals surface area contributed by atoms with Gasteiger partial charge in [-0.3, -0.25) is 9.97 Å². The van der Waals surface area contributed by atoms with E-state index < -0.39 is 17.6 Å². The first kappa shape index (κ1) is 31.6. The molecule has 7 nitrogen and oxygen atoms in total. The number of aromatic nitrogens is 7. The molecule has 10 rings (SSSR count). The Hall–Kier alpha value is -7.13. The Morgan fingerprint density at radius 3 is 1.78 bits per heavy atom. The van der Waals surface area contributed by atoms with E-state index in [4.69, 9.17) is 19.9 Å². The molecule has 256 valence electrons. The molecule has 0 N–H and O–H groups in total. The van der Waals surface area contributed by atoms with Crippen LogP contribution in [0.5, 0.6) is 0 Å². The van der Waals surface area contributed by atoms with E-state index in [0.29, 0.717) is 33.9 Å². The third-order valence-electron chi connectivity index (χ3n) is 9.86. The lowest BCUT2D eigenvalue weighted by atomic mass is 9.92. The molecule has 54 heavy (non-hydrogen) atoms. The molecular weight excluding hydrogens is 677 g/mol. The van der Waals surface area contributed by atoms with Crippen molar-refractivity contribution in [2.24, 2.45) is 0 Å². The van der Waals surface area contributed by atoms with Crippen LogP contribution in [0, 0.1) is 5.82 Å². The maximum Gasteiger partial charge on any atom is 0.166 e. The lowest BCUT2D eigenvalue weighted by Gasteiger charge is -2.19. The van der Waals surface area contributed by atoms with Gasteiger partial charge in [-0.2, -0.15) is 0 Å². The number of nitrogens with zero attached hydrogens (tertiary/aromatic N) is 7. The molecule has 9 heteroatoms. The van der Waals surface area contributed by atoms with Crippen LogP contribution in [0.3, 0.4) is 0 Å². The second kappa shape index (κ2) is 12.8. The summed E-state index contributed by atoms with van der Waals surface area (Å²) in [4.78, 5) is 33.0. The van der Waals surface area contributed by atoms with E-state index in [-0.39, 0.29) is 23.6 Å². The van der Waals surface area contributed by atoms with Gasteiger partial charge in [-0.25, -0.2) is 33.7 Å². The summed E-state index contributed by atoms with van der Waals surface area (Å²) >= 11 is 0. The van der Waals surface area contributed by atoms with Crippen molar-refractivity contribution >= 4 is 49.2 Å². The summed E-state index contributed by atoms with van der Waals surface area (Å²) in [6.45, 7) is 0. The Morgan fingerprint density at radius 2 is 1.11 bits per heavy atom. The van der Waals surface area contributed by atoms with E-state index in [0.717, 1.165) is 43.6 Å². The summed E-state index contributed by atoms with van der Waals surface area (Å²) in [5, 5.41) is 3.86. The fourth-order valence-electron chi connectivity index (χ4n) is 7.08. The molecule has 9 aromatic rings. The maximum absolute atomic E-state index is 16.2. The Bertz CT molecular complexity index is 3020. The topological polar surface area (TPSA) is 90.2 Å². The lowest BCUT2D eigenvalue weighted by molar-refractivity contribution is 0.526. The largest absolute Gasteiger partial charge is 0.254 e. The molecule has 1 aliphatic carbocycles. The standard InChI is InChI=1S/C45H27F2N7/c46-35-24-31(37-20-16-28-12-10-26-8-4-22-48-39(26)41(28)50-37)14-18-33(35)44-52-43(30-6-2-1-3-7-30)53-45(54-44)34-19-15-32(25-36(34)47)38-21-17-29-13-11-27-9-5-23-49-40(27)42(29)51-38/h1-18,20-25,34H,19H2. The van der Waals surface area contributed by atoms with Crippen LogP contribution in [0.1, 0.15) is 23.9 Å². The molecule has 0 amide bonds. The Morgan fingerprint density at radius 1 is 0.500 bits per heavy atom. The third-order valence-corrected chi connectivity index (χ3v) is 9.86. The highest BCUT2D eigenvalue weighted by atomic mass is 19.1. The quantitative estimate of drug-likeness (QED) is 0.165. The summed E-state index contributed by atoms with van der Waals surface area (Å²) in [5.74, 6) is -1.10. The zero-order valence-electron chi connectivity index (χ0n) is 28.5. The number of fused-ring (bicyclic) bond motifs is 6. The van der Waals surface area contributed by atoms with E-state index in [1.54, 1.807) is 24.5 Å². The second-order valence-electron chi connectivity index (χ2n) is 13.2. The smallest absolute Gasteiger partial charge is 0.166 e. The molecule has 5 aromatic heterocycles. The molecular formula is C45H27F2N7. The molecule has 1 atom stereocenters. The number of benzene rings is 4. The first-order valence-electron chi connectivity index (χ1n) is 17.5. The second-order valence-corrected chi connectivity index (χ2v) is 13.2. The number of pyridine rings is 4. The first-order valence-corrected chi connectivity index (χ1v) is 17.5. The minimum atomic E-state index is -0.798. The van der Waals surface area contributed by atoms with Gasteiger partial charge in [-0.15, -0.1) is 0 Å². The van der Waals surface area contributed by atoms with Crippen molar-refractivity contribution in [3.05, 3.63) is 169 Å². The van der Waals surface area contributed by atoms with Crippen LogP contribution in [0.15, 0.2) is 152 Å². The molecule has 0 saturated heterocycles. The minimum Gasteiger partial charge on any atom is -0.254 e. The highest BCUT2D eigenvalue weighted by Gasteiger charge is 2.26. The van der Waals surface area contributed by atoms with Gasteiger partial charge in [0.25, 0.3) is 0 Å². The van der Waals surface area contributed by atoms with Gasteiger partial charge in [0.1, 0.15) is 17.5 Å². The molecule has 0 spiro atoms. The van der Waals surface area contributed by atoms with Crippen molar-refractivity contribution in [3.8, 4) is 34.0 Å². The lowest BCUT2D eigenvalue weighted by Crippen LogP contribution is -2.11. The molecule has 1 aliphatic rings. The highest BCUT2D eigenvalue weighted by Crippen LogP contribution is 2.38. The Kier molecular flexibility index (Phi) is 7.50. The summed E-state index contributed by atoms with van der Waals surface area (Å²) in [5.41, 5.74) is 6.45. The molecule has 0 aliphatic heterocycles. The van der Waals surface area contributed by atoms with Crippen molar-refractivity contribution in [2.45, 2.75) is 12.3 Å². The molecule has 0 radical (unpaired) electrons. The zero-order valence-corrected chi connectivity index (χ0v) is 28.5. The maximum atomic E-state index is 16.2. The van der Waals surface area contributed by atoms with E-state index in [2.05, 4.69) is 15.0 Å². The van der Waals surface area contributed by atoms with Gasteiger partial charge in [-0.1, -0.05) is 91.0 Å². The minimum absolute atomic E-state index is 0.114. The molecule has 1 unspecified atom stereocenters. The summed E-state index contributed by atoms with van der Waals surface area (Å²) in [7, 11) is 0. The van der Waals surface area contributed by atoms with E-state index in [1.807, 2.05) is 109 Å². The van der Waals surface area contributed by atoms with Crippen LogP contribution in [0.25, 0.3) is 83.2 Å². The van der Waals surface area contributed by atoms with Gasteiger partial charge in [0.2, 0.25) is 0 Å². The van der Waals surface area contributed by atoms with Crippen LogP contribution in [0.2, 0.25) is 0 Å². The Labute approximate surface area is 307 Å². The van der Waals surface area contributed by atoms with Crippen LogP contribution in [-0.2, 0) is 0 Å². The van der Waals surface area contributed by atoms with Gasteiger partial charge in [0.15, 0.2) is 11.6 Å². The van der Waals surface area contributed by atoms with Gasteiger partial charge in [-0.05, 0) is 54.5 Å². The van der Waals surface area contributed by atoms with E-state index in [1.165, 1.54) is 12.1 Å². The summed E-state index contributed by atoms with van der Waals surface area (Å²) < 4.78 is 32.4. The average Bonchev–Trinajstić information content (AvgIpc) is 3.23. The molecule has 0 saturated carbocycles. The summed E-state index contributed by atoms with van der Waals surface area (Å²) in [6, 6.07) is 37.7. The van der Waals surface area contributed by atoms with Crippen molar-refractivity contribution in [2.75, 3.05) is 0 Å². The number of rotatable bonds is 5. The average molecular weight is 704 g/mol. The fourth-order valence-corrected chi connectivity index (χ4v) is 7.08. The number of halogens is 2. The normalized spacial score (nSPS) is 14.4. The van der Waals surface area contributed by atoms with E-state index >= 15 is 8.78 Å². The van der Waals surface area contributed by atoms with Crippen LogP contribution in [0.4, 0.5) is 8.78 Å². The molecule has 0 bridgehead atoms. The zero-order chi connectivity index (χ0) is 36.2.